The van der Waals surface area contributed by atoms with Crippen molar-refractivity contribution in [1.82, 2.24) is 0 Å². The van der Waals surface area contributed by atoms with Gasteiger partial charge in [0.25, 0.3) is 0 Å². The van der Waals surface area contributed by atoms with E-state index in [4.69, 9.17) is 9.47 Å². The quantitative estimate of drug-likeness (QED) is 0.513. The van der Waals surface area contributed by atoms with Crippen LogP contribution in [-0.2, 0) is 14.3 Å². The van der Waals surface area contributed by atoms with Gasteiger partial charge < -0.3 is 9.47 Å². The molecule has 1 saturated heterocycles. The lowest BCUT2D eigenvalue weighted by Gasteiger charge is -2.15. The maximum Gasteiger partial charge on any atom is 0.186 e. The van der Waals surface area contributed by atoms with Crippen LogP contribution in [-0.4, -0.2) is 24.3 Å². The monoisotopic (exact) mass is 154 g/mol. The Bertz CT molecular complexity index is 209. The Hall–Kier alpha value is -0.670. The third kappa shape index (κ3) is 1.10. The molecule has 1 aliphatic heterocycles. The molecule has 0 aromatic carbocycles. The molecule has 0 N–H and O–H groups in total. The van der Waals surface area contributed by atoms with Crippen molar-refractivity contribution in [1.29, 1.82) is 0 Å². The third-order valence-corrected chi connectivity index (χ3v) is 1.97. The first-order valence-corrected chi connectivity index (χ1v) is 3.78. The number of hydrogen-bond acceptors (Lipinski definition) is 3. The van der Waals surface area contributed by atoms with Crippen LogP contribution < -0.4 is 0 Å². The Morgan fingerprint density at radius 2 is 2.36 bits per heavy atom. The molecule has 0 aromatic heterocycles. The van der Waals surface area contributed by atoms with Crippen LogP contribution in [0.2, 0.25) is 0 Å². The molecule has 0 amide bonds. The van der Waals surface area contributed by atoms with Gasteiger partial charge >= 0.3 is 0 Å². The largest absolute Gasteiger partial charge is 0.346 e. The molecule has 3 atom stereocenters. The van der Waals surface area contributed by atoms with Crippen molar-refractivity contribution in [3.8, 4) is 0 Å². The number of hydrogen-bond donors (Lipinski definition) is 0. The molecule has 0 bridgehead atoms. The number of ketones is 1. The van der Waals surface area contributed by atoms with E-state index < -0.39 is 0 Å². The van der Waals surface area contributed by atoms with E-state index in [2.05, 4.69) is 0 Å². The Labute approximate surface area is 65.0 Å². The highest BCUT2D eigenvalue weighted by atomic mass is 16.7. The average Bonchev–Trinajstić information content (AvgIpc) is 2.31. The Balaban J connectivity index is 2.17. The van der Waals surface area contributed by atoms with Gasteiger partial charge in [0.15, 0.2) is 12.1 Å². The molecule has 1 unspecified atom stereocenters. The zero-order valence-electron chi connectivity index (χ0n) is 6.32. The summed E-state index contributed by atoms with van der Waals surface area (Å²) in [6.07, 6.45) is 3.60. The molecule has 0 radical (unpaired) electrons. The summed E-state index contributed by atoms with van der Waals surface area (Å²) in [7, 11) is 0. The molecule has 2 aliphatic rings. The lowest BCUT2D eigenvalue weighted by molar-refractivity contribution is -0.126. The minimum Gasteiger partial charge on any atom is -0.346 e. The van der Waals surface area contributed by atoms with Gasteiger partial charge in [-0.1, -0.05) is 6.08 Å². The highest BCUT2D eigenvalue weighted by Crippen LogP contribution is 2.25. The maximum absolute atomic E-state index is 11.1. The Kier molecular flexibility index (Phi) is 1.55. The second-order valence-corrected chi connectivity index (χ2v) is 2.84. The van der Waals surface area contributed by atoms with Crippen molar-refractivity contribution in [2.75, 3.05) is 0 Å². The van der Waals surface area contributed by atoms with Crippen LogP contribution in [0.4, 0.5) is 0 Å². The molecule has 0 saturated carbocycles. The van der Waals surface area contributed by atoms with Gasteiger partial charge in [-0.2, -0.15) is 0 Å². The van der Waals surface area contributed by atoms with Gasteiger partial charge in [-0.05, 0) is 19.4 Å². The topological polar surface area (TPSA) is 35.5 Å². The molecule has 0 spiro atoms. The van der Waals surface area contributed by atoms with Crippen molar-refractivity contribution >= 4 is 5.78 Å². The van der Waals surface area contributed by atoms with Crippen molar-refractivity contribution in [2.24, 2.45) is 0 Å². The average molecular weight is 154 g/mol. The van der Waals surface area contributed by atoms with Crippen molar-refractivity contribution in [2.45, 2.75) is 31.8 Å². The van der Waals surface area contributed by atoms with Crippen LogP contribution in [0.3, 0.4) is 0 Å². The summed E-state index contributed by atoms with van der Waals surface area (Å²) >= 11 is 0. The summed E-state index contributed by atoms with van der Waals surface area (Å²) in [5.41, 5.74) is 0. The first-order valence-electron chi connectivity index (χ1n) is 3.78. The molecule has 0 aromatic rings. The summed E-state index contributed by atoms with van der Waals surface area (Å²) in [5, 5.41) is 0. The molecule has 11 heavy (non-hydrogen) atoms. The van der Waals surface area contributed by atoms with E-state index in [-0.39, 0.29) is 24.3 Å². The van der Waals surface area contributed by atoms with Crippen LogP contribution in [0, 0.1) is 0 Å². The van der Waals surface area contributed by atoms with E-state index in [9.17, 15) is 4.79 Å². The standard InChI is InChI=1S/C8H10O3/c1-5-10-7-4-2-3-6(9)8(7)11-5/h2-3,5,7-8H,4H2,1H3/t5?,7-,8+/m0/s1. The van der Waals surface area contributed by atoms with Crippen molar-refractivity contribution in [3.63, 3.8) is 0 Å². The van der Waals surface area contributed by atoms with E-state index in [0.717, 1.165) is 6.42 Å². The Morgan fingerprint density at radius 1 is 1.55 bits per heavy atom. The number of fused-ring (bicyclic) bond motifs is 1. The Morgan fingerprint density at radius 3 is 3.09 bits per heavy atom. The van der Waals surface area contributed by atoms with Gasteiger partial charge in [-0.25, -0.2) is 0 Å². The molecule has 60 valence electrons. The van der Waals surface area contributed by atoms with E-state index >= 15 is 0 Å². The molecule has 2 rings (SSSR count). The number of ether oxygens (including phenoxy) is 2. The molecule has 3 heteroatoms. The summed E-state index contributed by atoms with van der Waals surface area (Å²) in [5.74, 6) is 0.0330. The smallest absolute Gasteiger partial charge is 0.186 e. The molecule has 3 nitrogen and oxygen atoms in total. The highest BCUT2D eigenvalue weighted by molar-refractivity contribution is 5.95. The lowest BCUT2D eigenvalue weighted by atomic mass is 10.0. The van der Waals surface area contributed by atoms with E-state index in [1.54, 1.807) is 6.08 Å². The van der Waals surface area contributed by atoms with Crippen LogP contribution in [0.1, 0.15) is 13.3 Å². The first-order chi connectivity index (χ1) is 5.27. The van der Waals surface area contributed by atoms with E-state index in [1.165, 1.54) is 0 Å². The zero-order valence-corrected chi connectivity index (χ0v) is 6.32. The van der Waals surface area contributed by atoms with Crippen LogP contribution in [0.25, 0.3) is 0 Å². The fraction of sp³-hybridized carbons (Fsp3) is 0.625. The second-order valence-electron chi connectivity index (χ2n) is 2.84. The fourth-order valence-electron chi connectivity index (χ4n) is 1.49. The summed E-state index contributed by atoms with van der Waals surface area (Å²) < 4.78 is 10.6. The molecular weight excluding hydrogens is 144 g/mol. The fourth-order valence-corrected chi connectivity index (χ4v) is 1.49. The maximum atomic E-state index is 11.1. The number of carbonyl (C=O) groups excluding carboxylic acids is 1. The van der Waals surface area contributed by atoms with E-state index in [1.807, 2.05) is 13.0 Å². The lowest BCUT2D eigenvalue weighted by Crippen LogP contribution is -2.32. The zero-order chi connectivity index (χ0) is 7.84. The van der Waals surface area contributed by atoms with Crippen molar-refractivity contribution in [3.05, 3.63) is 12.2 Å². The second kappa shape index (κ2) is 2.43. The molecule has 1 heterocycles. The summed E-state index contributed by atoms with van der Waals surface area (Å²) in [6.45, 7) is 1.81. The summed E-state index contributed by atoms with van der Waals surface area (Å²) in [6, 6.07) is 0. The van der Waals surface area contributed by atoms with Crippen LogP contribution in [0.5, 0.6) is 0 Å². The highest BCUT2D eigenvalue weighted by Gasteiger charge is 2.38. The first kappa shape index (κ1) is 7.00. The molecular formula is C8H10O3. The SMILES string of the molecule is CC1O[C@H]2CC=CC(=O)[C@H]2O1. The van der Waals surface area contributed by atoms with Gasteiger partial charge in [0, 0.05) is 0 Å². The predicted octanol–water partition coefficient (Wildman–Crippen LogP) is 0.645. The minimum atomic E-state index is -0.338. The van der Waals surface area contributed by atoms with Gasteiger partial charge in [-0.3, -0.25) is 4.79 Å². The molecule has 1 aliphatic carbocycles. The van der Waals surface area contributed by atoms with Gasteiger partial charge in [0.2, 0.25) is 0 Å². The number of rotatable bonds is 0. The van der Waals surface area contributed by atoms with Gasteiger partial charge in [0.1, 0.15) is 6.10 Å². The van der Waals surface area contributed by atoms with Gasteiger partial charge in [0.05, 0.1) is 6.10 Å². The van der Waals surface area contributed by atoms with E-state index in [0.29, 0.717) is 0 Å². The summed E-state index contributed by atoms with van der Waals surface area (Å²) in [4.78, 5) is 11.1. The molecule has 1 fully saturated rings. The van der Waals surface area contributed by atoms with Crippen LogP contribution >= 0.6 is 0 Å². The van der Waals surface area contributed by atoms with Crippen LogP contribution in [0.15, 0.2) is 12.2 Å². The number of carbonyl (C=O) groups is 1. The van der Waals surface area contributed by atoms with Gasteiger partial charge in [-0.15, -0.1) is 0 Å². The minimum absolute atomic E-state index is 0.0330. The normalized spacial score (nSPS) is 42.6. The third-order valence-electron chi connectivity index (χ3n) is 1.97. The van der Waals surface area contributed by atoms with Crippen molar-refractivity contribution < 1.29 is 14.3 Å². The predicted molar refractivity (Wildman–Crippen MR) is 38.0 cm³/mol.